The lowest BCUT2D eigenvalue weighted by Gasteiger charge is -2.31. The lowest BCUT2D eigenvalue weighted by molar-refractivity contribution is -0.171. The summed E-state index contributed by atoms with van der Waals surface area (Å²) in [5.74, 6) is -3.33. The Kier molecular flexibility index (Phi) is 54.3. The molecule has 0 aromatic carbocycles. The number of carbonyl (C=O) groups is 8. The molecule has 89 heavy (non-hydrogen) atoms. The number of allylic oxidation sites excluding steroid dienone is 3. The highest BCUT2D eigenvalue weighted by atomic mass is 16.7. The zero-order valence-corrected chi connectivity index (χ0v) is 56.0. The highest BCUT2D eigenvalue weighted by molar-refractivity contribution is 5.72. The first-order chi connectivity index (χ1) is 43.3. The molecule has 0 aliphatic carbocycles. The molecule has 1 fully saturated rings. The average molecular weight is 1260 g/mol. The van der Waals surface area contributed by atoms with Crippen LogP contribution in [0.25, 0.3) is 0 Å². The van der Waals surface area contributed by atoms with Gasteiger partial charge in [-0.05, 0) is 148 Å². The number of esters is 7. The van der Waals surface area contributed by atoms with Gasteiger partial charge < -0.3 is 47.5 Å². The zero-order chi connectivity index (χ0) is 64.9. The van der Waals surface area contributed by atoms with Gasteiger partial charge in [-0.1, -0.05) is 141 Å². The van der Waals surface area contributed by atoms with Crippen molar-refractivity contribution >= 4 is 47.9 Å². The Hall–Kier alpha value is -5.26. The first-order valence-electron chi connectivity index (χ1n) is 34.9. The molecule has 1 heterocycles. The molecule has 0 radical (unpaired) electrons. The number of hydrogen-bond acceptors (Lipinski definition) is 18. The molecule has 18 nitrogen and oxygen atoms in total. The minimum atomic E-state index is -1.54. The van der Waals surface area contributed by atoms with Gasteiger partial charge >= 0.3 is 47.9 Å². The minimum Gasteiger partial charge on any atom is -0.465 e. The molecule has 1 unspecified atom stereocenters. The molecule has 1 aliphatic heterocycles. The maximum Gasteiger partial charge on any atom is 0.508 e. The molecule has 1 rings (SSSR count). The van der Waals surface area contributed by atoms with Crippen LogP contribution in [-0.2, 0) is 76.2 Å². The van der Waals surface area contributed by atoms with Crippen LogP contribution in [0.5, 0.6) is 0 Å². The van der Waals surface area contributed by atoms with Crippen molar-refractivity contribution in [3.63, 3.8) is 0 Å². The Labute approximate surface area is 536 Å². The topological polar surface area (TPSA) is 223 Å². The van der Waals surface area contributed by atoms with Gasteiger partial charge in [0.15, 0.2) is 0 Å². The quantitative estimate of drug-likeness (QED) is 0.0239. The second-order valence-electron chi connectivity index (χ2n) is 23.9. The Morgan fingerprint density at radius 3 is 1.03 bits per heavy atom. The Bertz CT molecular complexity index is 1770. The Balaban J connectivity index is 3.14. The molecule has 0 saturated carbocycles. The molecule has 0 aromatic heterocycles. The molecule has 0 amide bonds. The maximum absolute atomic E-state index is 13.7. The predicted octanol–water partition coefficient (Wildman–Crippen LogP) is 16.0. The van der Waals surface area contributed by atoms with E-state index in [0.29, 0.717) is 110 Å². The van der Waals surface area contributed by atoms with E-state index >= 15 is 0 Å². The smallest absolute Gasteiger partial charge is 0.465 e. The van der Waals surface area contributed by atoms with Crippen molar-refractivity contribution < 1.29 is 81.0 Å². The third-order valence-corrected chi connectivity index (χ3v) is 15.4. The normalized spacial score (nSPS) is 13.0. The minimum absolute atomic E-state index is 0.00126. The molecule has 1 saturated heterocycles. The molecule has 0 bridgehead atoms. The number of rotatable bonds is 60. The van der Waals surface area contributed by atoms with Crippen LogP contribution in [0, 0.1) is 5.41 Å². The SMILES string of the molecule is CCCCC/C=C\CCOC(=O)CCCCCC(=O)OCC(COC(=O)CCCCCC(=O)OCC/C=C\CCCCC)(COC(=O)CCCCCC(=O)OCC/C=C\CCCCC)COC(=O)CCC(CCCCCC)OC(=O)OCCCN1CCCC1. The molecule has 18 heteroatoms. The van der Waals surface area contributed by atoms with E-state index in [0.717, 1.165) is 103 Å². The van der Waals surface area contributed by atoms with Crippen molar-refractivity contribution in [2.45, 2.75) is 291 Å². The van der Waals surface area contributed by atoms with E-state index in [9.17, 15) is 38.4 Å². The van der Waals surface area contributed by atoms with Gasteiger partial charge in [0.05, 0.1) is 26.4 Å². The standard InChI is InChI=1S/C71H121NO17/c1-5-9-13-17-20-23-38-54-81-63(73)43-30-26-33-46-66(76)85-58-71(59-86-67(77)47-34-27-31-44-64(74)82-55-39-24-21-18-14-10-6-2,60-87-68(78)48-35-28-32-45-65(75)83-56-40-25-22-19-15-11-7-3)61-88-69(79)50-49-62(42-29-16-12-8-4)89-70(80)84-57-41-53-72-51-36-37-52-72/h20-25,62H,5-19,26-61H2,1-4H3/b23-20-,24-21-,25-22-. The third kappa shape index (κ3) is 52.1. The average Bonchev–Trinajstić information content (AvgIpc) is 3.82. The molecule has 512 valence electrons. The van der Waals surface area contributed by atoms with Crippen molar-refractivity contribution in [1.82, 2.24) is 4.90 Å². The lowest BCUT2D eigenvalue weighted by atomic mass is 9.92. The van der Waals surface area contributed by atoms with Crippen molar-refractivity contribution in [2.24, 2.45) is 5.41 Å². The lowest BCUT2D eigenvalue weighted by Crippen LogP contribution is -2.44. The van der Waals surface area contributed by atoms with Gasteiger partial charge in [0.2, 0.25) is 0 Å². The number of hydrogen-bond donors (Lipinski definition) is 0. The second-order valence-corrected chi connectivity index (χ2v) is 23.9. The molecule has 0 spiro atoms. The fourth-order valence-corrected chi connectivity index (χ4v) is 9.76. The molecule has 1 atom stereocenters. The van der Waals surface area contributed by atoms with Crippen molar-refractivity contribution in [2.75, 3.05) is 72.5 Å². The van der Waals surface area contributed by atoms with E-state index in [1.54, 1.807) is 0 Å². The van der Waals surface area contributed by atoms with E-state index in [4.69, 9.17) is 42.6 Å². The summed E-state index contributed by atoms with van der Waals surface area (Å²) < 4.78 is 50.7. The zero-order valence-electron chi connectivity index (χ0n) is 56.0. The summed E-state index contributed by atoms with van der Waals surface area (Å²) in [5, 5.41) is 0. The molecule has 1 aliphatic rings. The van der Waals surface area contributed by atoms with Crippen LogP contribution in [-0.4, -0.2) is 131 Å². The van der Waals surface area contributed by atoms with Crippen molar-refractivity contribution in [3.8, 4) is 0 Å². The maximum atomic E-state index is 13.7. The summed E-state index contributed by atoms with van der Waals surface area (Å²) in [6.45, 7) is 10.9. The van der Waals surface area contributed by atoms with Gasteiger partial charge in [0.25, 0.3) is 0 Å². The summed E-state index contributed by atoms with van der Waals surface area (Å²) in [6.07, 6.45) is 38.9. The molecule has 0 aromatic rings. The second kappa shape index (κ2) is 59.1. The van der Waals surface area contributed by atoms with Crippen LogP contribution in [0.1, 0.15) is 285 Å². The van der Waals surface area contributed by atoms with Crippen molar-refractivity contribution in [3.05, 3.63) is 36.5 Å². The Morgan fingerprint density at radius 1 is 0.337 bits per heavy atom. The van der Waals surface area contributed by atoms with E-state index in [1.807, 2.05) is 18.2 Å². The van der Waals surface area contributed by atoms with Gasteiger partial charge in [-0.25, -0.2) is 4.79 Å². The highest BCUT2D eigenvalue weighted by Gasteiger charge is 2.38. The van der Waals surface area contributed by atoms with E-state index < -0.39 is 68.0 Å². The Morgan fingerprint density at radius 2 is 0.663 bits per heavy atom. The number of unbranched alkanes of at least 4 members (excludes halogenated alkanes) is 18. The third-order valence-electron chi connectivity index (χ3n) is 15.4. The summed E-state index contributed by atoms with van der Waals surface area (Å²) in [7, 11) is 0. The monoisotopic (exact) mass is 1260 g/mol. The molecular weight excluding hydrogens is 1140 g/mol. The summed E-state index contributed by atoms with van der Waals surface area (Å²) in [5.41, 5.74) is -1.54. The van der Waals surface area contributed by atoms with Gasteiger partial charge in [0.1, 0.15) is 37.9 Å². The highest BCUT2D eigenvalue weighted by Crippen LogP contribution is 2.25. The first-order valence-corrected chi connectivity index (χ1v) is 34.9. The van der Waals surface area contributed by atoms with Crippen molar-refractivity contribution in [1.29, 1.82) is 0 Å². The summed E-state index contributed by atoms with van der Waals surface area (Å²) in [4.78, 5) is 106. The van der Waals surface area contributed by atoms with Gasteiger partial charge in [-0.15, -0.1) is 0 Å². The number of nitrogens with zero attached hydrogens (tertiary/aromatic N) is 1. The van der Waals surface area contributed by atoms with Gasteiger partial charge in [-0.3, -0.25) is 33.6 Å². The van der Waals surface area contributed by atoms with Crippen LogP contribution in [0.15, 0.2) is 36.5 Å². The summed E-state index contributed by atoms with van der Waals surface area (Å²) in [6, 6.07) is 0. The van der Waals surface area contributed by atoms with Crippen LogP contribution >= 0.6 is 0 Å². The number of likely N-dealkylation sites (tertiary alicyclic amines) is 1. The van der Waals surface area contributed by atoms with E-state index in [-0.39, 0.29) is 75.9 Å². The fraction of sp³-hybridized carbons (Fsp3) is 0.803. The molecule has 0 N–H and O–H groups in total. The predicted molar refractivity (Wildman–Crippen MR) is 347 cm³/mol. The van der Waals surface area contributed by atoms with Crippen LogP contribution in [0.3, 0.4) is 0 Å². The van der Waals surface area contributed by atoms with Gasteiger partial charge in [0, 0.05) is 51.5 Å². The first kappa shape index (κ1) is 81.8. The number of ether oxygens (including phenoxy) is 9. The number of carbonyl (C=O) groups excluding carboxylic acids is 8. The van der Waals surface area contributed by atoms with E-state index in [1.165, 1.54) is 32.1 Å². The fourth-order valence-electron chi connectivity index (χ4n) is 9.76. The largest absolute Gasteiger partial charge is 0.508 e. The van der Waals surface area contributed by atoms with Crippen LogP contribution < -0.4 is 0 Å². The van der Waals surface area contributed by atoms with Crippen LogP contribution in [0.2, 0.25) is 0 Å². The molecular formula is C71H121NO17. The van der Waals surface area contributed by atoms with Crippen LogP contribution in [0.4, 0.5) is 4.79 Å². The van der Waals surface area contributed by atoms with Gasteiger partial charge in [-0.2, -0.15) is 0 Å². The summed E-state index contributed by atoms with van der Waals surface area (Å²) >= 11 is 0. The van der Waals surface area contributed by atoms with E-state index in [2.05, 4.69) is 50.8 Å².